The largest absolute Gasteiger partial charge is 0.367 e. The maximum atomic E-state index is 6.20. The van der Waals surface area contributed by atoms with Gasteiger partial charge in [0.2, 0.25) is 5.95 Å². The van der Waals surface area contributed by atoms with Gasteiger partial charge in [-0.1, -0.05) is 11.6 Å². The van der Waals surface area contributed by atoms with Crippen molar-refractivity contribution in [2.45, 2.75) is 33.0 Å². The summed E-state index contributed by atoms with van der Waals surface area (Å²) < 4.78 is 8.13. The van der Waals surface area contributed by atoms with Crippen LogP contribution in [0.15, 0.2) is 36.8 Å². The highest BCUT2D eigenvalue weighted by atomic mass is 35.5. The van der Waals surface area contributed by atoms with Crippen LogP contribution in [0.25, 0.3) is 17.0 Å². The second-order valence-electron chi connectivity index (χ2n) is 7.70. The number of aromatic amines is 1. The summed E-state index contributed by atoms with van der Waals surface area (Å²) in [5.74, 6) is 0.684. The van der Waals surface area contributed by atoms with Crippen LogP contribution >= 0.6 is 11.6 Å². The number of rotatable bonds is 3. The van der Waals surface area contributed by atoms with Gasteiger partial charge in [0.25, 0.3) is 0 Å². The first-order valence-corrected chi connectivity index (χ1v) is 10.2. The summed E-state index contributed by atoms with van der Waals surface area (Å²) in [7, 11) is 0. The number of hydrogen-bond donors (Lipinski definition) is 1. The van der Waals surface area contributed by atoms with Crippen LogP contribution < -0.4 is 4.90 Å². The van der Waals surface area contributed by atoms with E-state index in [4.69, 9.17) is 26.3 Å². The second kappa shape index (κ2) is 7.37. The lowest BCUT2D eigenvalue weighted by atomic mass is 10.1. The molecule has 8 nitrogen and oxygen atoms in total. The van der Waals surface area contributed by atoms with E-state index in [0.29, 0.717) is 17.5 Å². The van der Waals surface area contributed by atoms with E-state index in [1.807, 2.05) is 55.0 Å². The van der Waals surface area contributed by atoms with Crippen molar-refractivity contribution < 1.29 is 4.74 Å². The minimum absolute atomic E-state index is 0.0419. The number of pyridine rings is 1. The molecule has 0 aromatic carbocycles. The predicted octanol–water partition coefficient (Wildman–Crippen LogP) is 3.75. The number of ether oxygens (including phenoxy) is 1. The molecule has 9 heteroatoms. The quantitative estimate of drug-likeness (QED) is 0.540. The lowest BCUT2D eigenvalue weighted by Gasteiger charge is -2.37. The third kappa shape index (κ3) is 3.42. The Morgan fingerprint density at radius 2 is 2.03 bits per heavy atom. The fourth-order valence-corrected chi connectivity index (χ4v) is 4.10. The van der Waals surface area contributed by atoms with Crippen molar-refractivity contribution in [2.75, 3.05) is 18.0 Å². The van der Waals surface area contributed by atoms with Gasteiger partial charge in [0, 0.05) is 29.7 Å². The van der Waals surface area contributed by atoms with Gasteiger partial charge in [-0.3, -0.25) is 9.50 Å². The molecule has 0 radical (unpaired) electrons. The third-order valence-electron chi connectivity index (χ3n) is 5.33. The lowest BCUT2D eigenvalue weighted by Crippen LogP contribution is -2.43. The number of halogens is 1. The lowest BCUT2D eigenvalue weighted by molar-refractivity contribution is -0.0181. The summed E-state index contributed by atoms with van der Waals surface area (Å²) in [5.41, 5.74) is 5.48. The molecule has 1 N–H and O–H groups in total. The first kappa shape index (κ1) is 19.0. The van der Waals surface area contributed by atoms with Crippen LogP contribution in [0.1, 0.15) is 30.0 Å². The summed E-state index contributed by atoms with van der Waals surface area (Å²) in [6, 6.07) is 5.69. The summed E-state index contributed by atoms with van der Waals surface area (Å²) in [6.07, 6.45) is 5.46. The van der Waals surface area contributed by atoms with Crippen molar-refractivity contribution in [1.82, 2.24) is 29.5 Å². The van der Waals surface area contributed by atoms with Gasteiger partial charge < -0.3 is 9.64 Å². The molecule has 1 saturated heterocycles. The summed E-state index contributed by atoms with van der Waals surface area (Å²) in [5, 5.41) is 7.78. The fourth-order valence-electron chi connectivity index (χ4n) is 3.94. The zero-order valence-corrected chi connectivity index (χ0v) is 17.8. The molecule has 5 rings (SSSR count). The Bertz CT molecular complexity index is 1220. The molecular formula is C21H22ClN7O. The van der Waals surface area contributed by atoms with Gasteiger partial charge in [-0.2, -0.15) is 5.10 Å². The van der Waals surface area contributed by atoms with E-state index in [2.05, 4.69) is 27.0 Å². The number of imidazole rings is 1. The van der Waals surface area contributed by atoms with Crippen LogP contribution in [0.2, 0.25) is 5.02 Å². The number of H-pyrrole nitrogens is 1. The van der Waals surface area contributed by atoms with E-state index in [-0.39, 0.29) is 12.2 Å². The maximum absolute atomic E-state index is 6.20. The molecule has 1 aliphatic heterocycles. The van der Waals surface area contributed by atoms with E-state index >= 15 is 0 Å². The Kier molecular flexibility index (Phi) is 4.67. The van der Waals surface area contributed by atoms with Crippen molar-refractivity contribution >= 4 is 23.2 Å². The molecule has 0 unspecified atom stereocenters. The molecule has 0 spiro atoms. The molecule has 0 aliphatic carbocycles. The molecule has 154 valence electrons. The standard InChI is InChI=1S/C21H22ClN7O/c1-12-6-17(18-8-23-20-5-4-15(22)10-29(18)20)26-21(25-12)28-9-13(2)30-19(11-28)16-7-24-27-14(16)3/h4-8,10,13,19H,9,11H2,1-3H3,(H,24,27)/t13-,19-/m0/s1. The SMILES string of the molecule is Cc1cc(-c2cnc3ccc(Cl)cn23)nc(N2C[C@@H](c3cn[nH]c3C)O[C@@H](C)C2)n1. The third-order valence-corrected chi connectivity index (χ3v) is 5.56. The summed E-state index contributed by atoms with van der Waals surface area (Å²) >= 11 is 6.20. The van der Waals surface area contributed by atoms with Crippen molar-refractivity contribution in [3.8, 4) is 11.4 Å². The van der Waals surface area contributed by atoms with Gasteiger partial charge in [0.05, 0.1) is 41.5 Å². The number of hydrogen-bond acceptors (Lipinski definition) is 6. The smallest absolute Gasteiger partial charge is 0.226 e. The molecule has 4 aromatic heterocycles. The normalized spacial score (nSPS) is 19.5. The second-order valence-corrected chi connectivity index (χ2v) is 8.14. The first-order chi connectivity index (χ1) is 14.5. The van der Waals surface area contributed by atoms with Crippen molar-refractivity contribution in [1.29, 1.82) is 0 Å². The Labute approximate surface area is 178 Å². The van der Waals surface area contributed by atoms with Crippen LogP contribution in [0.3, 0.4) is 0 Å². The van der Waals surface area contributed by atoms with Gasteiger partial charge >= 0.3 is 0 Å². The first-order valence-electron chi connectivity index (χ1n) is 9.87. The molecule has 1 aliphatic rings. The Morgan fingerprint density at radius 1 is 1.17 bits per heavy atom. The van der Waals surface area contributed by atoms with Crippen LogP contribution in [0.5, 0.6) is 0 Å². The van der Waals surface area contributed by atoms with Gasteiger partial charge in [0.1, 0.15) is 11.8 Å². The Morgan fingerprint density at radius 3 is 2.83 bits per heavy atom. The number of aryl methyl sites for hydroxylation is 2. The highest BCUT2D eigenvalue weighted by Crippen LogP contribution is 2.30. The van der Waals surface area contributed by atoms with E-state index in [1.165, 1.54) is 0 Å². The van der Waals surface area contributed by atoms with Crippen molar-refractivity contribution in [3.63, 3.8) is 0 Å². The topological polar surface area (TPSA) is 84.2 Å². The van der Waals surface area contributed by atoms with Crippen molar-refractivity contribution in [3.05, 3.63) is 58.8 Å². The molecule has 4 aromatic rings. The number of aromatic nitrogens is 6. The average Bonchev–Trinajstić information content (AvgIpc) is 3.32. The number of morpholine rings is 1. The average molecular weight is 424 g/mol. The highest BCUT2D eigenvalue weighted by Gasteiger charge is 2.30. The zero-order chi connectivity index (χ0) is 20.8. The number of fused-ring (bicyclic) bond motifs is 1. The molecule has 30 heavy (non-hydrogen) atoms. The molecule has 0 saturated carbocycles. The zero-order valence-electron chi connectivity index (χ0n) is 17.0. The Hall–Kier alpha value is -2.97. The van der Waals surface area contributed by atoms with Crippen molar-refractivity contribution in [2.24, 2.45) is 0 Å². The Balaban J connectivity index is 1.53. The number of nitrogens with one attached hydrogen (secondary N) is 1. The van der Waals surface area contributed by atoms with Crippen LogP contribution in [0.4, 0.5) is 5.95 Å². The van der Waals surface area contributed by atoms with E-state index in [9.17, 15) is 0 Å². The molecule has 0 amide bonds. The highest BCUT2D eigenvalue weighted by molar-refractivity contribution is 6.30. The van der Waals surface area contributed by atoms with Crippen LogP contribution in [-0.4, -0.2) is 48.7 Å². The summed E-state index contributed by atoms with van der Waals surface area (Å²) in [4.78, 5) is 16.3. The molecule has 2 atom stereocenters. The van der Waals surface area contributed by atoms with E-state index in [1.54, 1.807) is 0 Å². The van der Waals surface area contributed by atoms with Gasteiger partial charge in [0.15, 0.2) is 0 Å². The van der Waals surface area contributed by atoms with Crippen LogP contribution in [0, 0.1) is 13.8 Å². The monoisotopic (exact) mass is 423 g/mol. The minimum atomic E-state index is -0.0883. The number of nitrogens with zero attached hydrogens (tertiary/aromatic N) is 6. The molecule has 0 bridgehead atoms. The molecular weight excluding hydrogens is 402 g/mol. The van der Waals surface area contributed by atoms with Gasteiger partial charge in [-0.25, -0.2) is 15.0 Å². The molecule has 1 fully saturated rings. The maximum Gasteiger partial charge on any atom is 0.226 e. The number of anilines is 1. The minimum Gasteiger partial charge on any atom is -0.367 e. The predicted molar refractivity (Wildman–Crippen MR) is 115 cm³/mol. The van der Waals surface area contributed by atoms with Gasteiger partial charge in [-0.15, -0.1) is 0 Å². The molecule has 5 heterocycles. The van der Waals surface area contributed by atoms with Crippen LogP contribution in [-0.2, 0) is 4.74 Å². The summed E-state index contributed by atoms with van der Waals surface area (Å²) in [6.45, 7) is 7.43. The van der Waals surface area contributed by atoms with E-state index < -0.39 is 0 Å². The fraction of sp³-hybridized carbons (Fsp3) is 0.333. The van der Waals surface area contributed by atoms with Gasteiger partial charge in [-0.05, 0) is 39.0 Å². The van der Waals surface area contributed by atoms with E-state index in [0.717, 1.165) is 40.5 Å².